The van der Waals surface area contributed by atoms with Gasteiger partial charge in [0.15, 0.2) is 0 Å². The van der Waals surface area contributed by atoms with Gasteiger partial charge in [0, 0.05) is 43.7 Å². The van der Waals surface area contributed by atoms with Crippen molar-refractivity contribution in [2.75, 3.05) is 26.2 Å². The molecule has 8 nitrogen and oxygen atoms in total. The molecule has 3 aromatic rings. The summed E-state index contributed by atoms with van der Waals surface area (Å²) in [5.74, 6) is -2.26. The van der Waals surface area contributed by atoms with Crippen molar-refractivity contribution in [3.05, 3.63) is 98.2 Å². The van der Waals surface area contributed by atoms with Crippen LogP contribution in [0.15, 0.2) is 53.3 Å². The number of aromatic nitrogens is 2. The topological polar surface area (TPSA) is 103 Å². The van der Waals surface area contributed by atoms with Crippen LogP contribution in [0.5, 0.6) is 0 Å². The number of Topliss-reactive ketones (excluding diaryl/α,β-unsaturated/α-hetero) is 1. The smallest absolute Gasteiger partial charge is 0.295 e. The third-order valence-corrected chi connectivity index (χ3v) is 7.32. The molecule has 0 radical (unpaired) electrons. The van der Waals surface area contributed by atoms with Crippen molar-refractivity contribution in [2.24, 2.45) is 0 Å². The maximum absolute atomic E-state index is 14.8. The van der Waals surface area contributed by atoms with Gasteiger partial charge in [-0.15, -0.1) is 0 Å². The Bertz CT molecular complexity index is 1440. The summed E-state index contributed by atoms with van der Waals surface area (Å²) in [6.07, 6.45) is 4.32. The van der Waals surface area contributed by atoms with Gasteiger partial charge in [-0.1, -0.05) is 36.4 Å². The average molecular weight is 517 g/mol. The number of amides is 2. The summed E-state index contributed by atoms with van der Waals surface area (Å²) < 4.78 is 14.8. The van der Waals surface area contributed by atoms with Crippen LogP contribution >= 0.6 is 0 Å². The molecule has 9 heteroatoms. The van der Waals surface area contributed by atoms with Crippen LogP contribution in [0.2, 0.25) is 0 Å². The number of carbonyl (C=O) groups excluding carboxylic acids is 3. The number of carbonyl (C=O) groups is 3. The van der Waals surface area contributed by atoms with Gasteiger partial charge in [0.2, 0.25) is 5.78 Å². The van der Waals surface area contributed by atoms with Crippen LogP contribution in [0.4, 0.5) is 4.39 Å². The highest BCUT2D eigenvalue weighted by atomic mass is 19.1. The monoisotopic (exact) mass is 516 g/mol. The van der Waals surface area contributed by atoms with E-state index in [-0.39, 0.29) is 24.2 Å². The lowest BCUT2D eigenvalue weighted by Crippen LogP contribution is -2.40. The van der Waals surface area contributed by atoms with Crippen LogP contribution in [0, 0.1) is 5.82 Å². The van der Waals surface area contributed by atoms with Crippen molar-refractivity contribution in [3.63, 3.8) is 0 Å². The average Bonchev–Trinajstić information content (AvgIpc) is 3.21. The number of hydrogen-bond donors (Lipinski definition) is 1. The molecule has 5 rings (SSSR count). The number of ketones is 1. The van der Waals surface area contributed by atoms with Crippen molar-refractivity contribution < 1.29 is 18.8 Å². The summed E-state index contributed by atoms with van der Waals surface area (Å²) in [6, 6.07) is 12.8. The quantitative estimate of drug-likeness (QED) is 0.415. The molecule has 2 amide bonds. The van der Waals surface area contributed by atoms with E-state index in [0.717, 1.165) is 48.1 Å². The minimum atomic E-state index is -0.619. The van der Waals surface area contributed by atoms with Gasteiger partial charge >= 0.3 is 0 Å². The first-order valence-electron chi connectivity index (χ1n) is 13.0. The fourth-order valence-corrected chi connectivity index (χ4v) is 5.26. The Morgan fingerprint density at radius 3 is 2.37 bits per heavy atom. The minimum absolute atomic E-state index is 0.0408. The van der Waals surface area contributed by atoms with Crippen molar-refractivity contribution in [1.82, 2.24) is 20.0 Å². The Balaban J connectivity index is 1.29. The van der Waals surface area contributed by atoms with E-state index in [1.807, 2.05) is 0 Å². The summed E-state index contributed by atoms with van der Waals surface area (Å²) >= 11 is 0. The lowest BCUT2D eigenvalue weighted by Gasteiger charge is -2.22. The Kier molecular flexibility index (Phi) is 7.44. The molecule has 196 valence electrons. The second-order valence-corrected chi connectivity index (χ2v) is 9.79. The molecule has 1 aliphatic heterocycles. The van der Waals surface area contributed by atoms with Crippen molar-refractivity contribution in [3.8, 4) is 0 Å². The summed E-state index contributed by atoms with van der Waals surface area (Å²) in [6.45, 7) is 1.08. The number of H-pyrrole nitrogens is 1. The van der Waals surface area contributed by atoms with Crippen LogP contribution in [0.25, 0.3) is 0 Å². The van der Waals surface area contributed by atoms with E-state index >= 15 is 0 Å². The molecule has 0 spiro atoms. The van der Waals surface area contributed by atoms with Crippen molar-refractivity contribution in [2.45, 2.75) is 38.5 Å². The Morgan fingerprint density at radius 2 is 1.58 bits per heavy atom. The predicted molar refractivity (Wildman–Crippen MR) is 139 cm³/mol. The fraction of sp³-hybridized carbons (Fsp3) is 0.345. The molecule has 38 heavy (non-hydrogen) atoms. The Labute approximate surface area is 219 Å². The SMILES string of the molecule is O=C(C(=O)N1CCCN(C(=O)c2cc(Cc3n[nH]c(=O)c4c3CCCC4)ccc2F)CC1)c1ccccc1. The molecule has 0 saturated carbocycles. The molecule has 1 aromatic heterocycles. The largest absolute Gasteiger partial charge is 0.337 e. The van der Waals surface area contributed by atoms with Crippen molar-refractivity contribution in [1.29, 1.82) is 0 Å². The van der Waals surface area contributed by atoms with Crippen LogP contribution in [0.1, 0.15) is 62.4 Å². The molecule has 2 heterocycles. The number of halogens is 1. The Hall–Kier alpha value is -4.14. The lowest BCUT2D eigenvalue weighted by molar-refractivity contribution is -0.126. The number of fused-ring (bicyclic) bond motifs is 1. The Morgan fingerprint density at radius 1 is 0.868 bits per heavy atom. The van der Waals surface area contributed by atoms with Gasteiger partial charge in [-0.2, -0.15) is 5.10 Å². The number of benzene rings is 2. The van der Waals surface area contributed by atoms with Crippen LogP contribution in [-0.2, 0) is 24.1 Å². The standard InChI is InChI=1S/C29H29FN4O4/c30-24-12-11-19(18-25-21-9-4-5-10-22(21)27(36)32-31-25)17-23(24)28(37)33-13-6-14-34(16-15-33)29(38)26(35)20-7-2-1-3-8-20/h1-3,7-8,11-12,17H,4-6,9-10,13-16,18H2,(H,32,36). The summed E-state index contributed by atoms with van der Waals surface area (Å²) in [7, 11) is 0. The molecule has 1 fully saturated rings. The molecule has 0 atom stereocenters. The molecule has 1 aliphatic carbocycles. The first kappa shape index (κ1) is 25.5. The zero-order valence-corrected chi connectivity index (χ0v) is 21.0. The van der Waals surface area contributed by atoms with Gasteiger partial charge in [0.1, 0.15) is 5.82 Å². The first-order valence-corrected chi connectivity index (χ1v) is 13.0. The molecule has 0 bridgehead atoms. The van der Waals surface area contributed by atoms with E-state index in [4.69, 9.17) is 0 Å². The molecule has 2 aliphatic rings. The van der Waals surface area contributed by atoms with Gasteiger partial charge in [-0.3, -0.25) is 19.2 Å². The normalized spacial score (nSPS) is 15.5. The minimum Gasteiger partial charge on any atom is -0.337 e. The zero-order valence-electron chi connectivity index (χ0n) is 21.0. The zero-order chi connectivity index (χ0) is 26.6. The maximum atomic E-state index is 14.8. The van der Waals surface area contributed by atoms with Crippen molar-refractivity contribution >= 4 is 17.6 Å². The van der Waals surface area contributed by atoms with Gasteiger partial charge < -0.3 is 9.80 Å². The summed E-state index contributed by atoms with van der Waals surface area (Å²) in [5.41, 5.74) is 3.33. The fourth-order valence-electron chi connectivity index (χ4n) is 5.26. The summed E-state index contributed by atoms with van der Waals surface area (Å²) in [4.78, 5) is 53.9. The second kappa shape index (κ2) is 11.1. The third kappa shape index (κ3) is 5.27. The van der Waals surface area contributed by atoms with Crippen LogP contribution in [0.3, 0.4) is 0 Å². The molecule has 2 aromatic carbocycles. The van der Waals surface area contributed by atoms with E-state index in [0.29, 0.717) is 31.5 Å². The van der Waals surface area contributed by atoms with E-state index in [9.17, 15) is 23.6 Å². The molecular weight excluding hydrogens is 487 g/mol. The molecular formula is C29H29FN4O4. The summed E-state index contributed by atoms with van der Waals surface area (Å²) in [5, 5.41) is 6.83. The molecule has 0 unspecified atom stereocenters. The van der Waals surface area contributed by atoms with E-state index in [2.05, 4.69) is 10.2 Å². The highest BCUT2D eigenvalue weighted by Crippen LogP contribution is 2.23. The first-order chi connectivity index (χ1) is 18.4. The number of nitrogens with zero attached hydrogens (tertiary/aromatic N) is 3. The highest BCUT2D eigenvalue weighted by Gasteiger charge is 2.28. The predicted octanol–water partition coefficient (Wildman–Crippen LogP) is 2.94. The number of aromatic amines is 1. The molecule has 1 saturated heterocycles. The second-order valence-electron chi connectivity index (χ2n) is 9.79. The van der Waals surface area contributed by atoms with Gasteiger partial charge in [0.25, 0.3) is 17.4 Å². The highest BCUT2D eigenvalue weighted by molar-refractivity contribution is 6.42. The van der Waals surface area contributed by atoms with Crippen LogP contribution < -0.4 is 5.56 Å². The number of nitrogens with one attached hydrogen (secondary N) is 1. The number of hydrogen-bond acceptors (Lipinski definition) is 5. The van der Waals surface area contributed by atoms with E-state index in [1.165, 1.54) is 15.9 Å². The third-order valence-electron chi connectivity index (χ3n) is 7.32. The van der Waals surface area contributed by atoms with Crippen LogP contribution in [-0.4, -0.2) is 63.8 Å². The maximum Gasteiger partial charge on any atom is 0.295 e. The van der Waals surface area contributed by atoms with E-state index < -0.39 is 23.4 Å². The van der Waals surface area contributed by atoms with E-state index in [1.54, 1.807) is 42.5 Å². The lowest BCUT2D eigenvalue weighted by atomic mass is 9.90. The van der Waals surface area contributed by atoms with Gasteiger partial charge in [0.05, 0.1) is 11.3 Å². The van der Waals surface area contributed by atoms with Gasteiger partial charge in [-0.05, 0) is 55.4 Å². The number of rotatable bonds is 5. The van der Waals surface area contributed by atoms with Gasteiger partial charge in [-0.25, -0.2) is 9.49 Å². The molecule has 1 N–H and O–H groups in total.